The number of nitrogens with one attached hydrogen (secondary N) is 6. The third-order valence-corrected chi connectivity index (χ3v) is 12.9. The minimum atomic E-state index is 0. The summed E-state index contributed by atoms with van der Waals surface area (Å²) in [4.78, 5) is 3.16. The second-order valence-electron chi connectivity index (χ2n) is 15.2. The summed E-state index contributed by atoms with van der Waals surface area (Å²) in [6.07, 6.45) is 22.8. The van der Waals surface area contributed by atoms with E-state index in [2.05, 4.69) is 96.6 Å². The molecule has 6 fully saturated rings. The number of rotatable bonds is 0. The van der Waals surface area contributed by atoms with Gasteiger partial charge in [-0.25, -0.2) is 0 Å². The van der Waals surface area contributed by atoms with E-state index in [1.165, 1.54) is 98.7 Å². The van der Waals surface area contributed by atoms with Crippen LogP contribution in [0.4, 0.5) is 0 Å². The third kappa shape index (κ3) is 12.0. The van der Waals surface area contributed by atoms with Crippen LogP contribution in [0.2, 0.25) is 0 Å². The van der Waals surface area contributed by atoms with Crippen molar-refractivity contribution in [1.82, 2.24) is 40.5 Å². The lowest BCUT2D eigenvalue weighted by atomic mass is 9.72. The Labute approximate surface area is 369 Å². The largest absolute Gasteiger partial charge is 0.346 e. The monoisotopic (exact) mass is 801 g/mol. The molecule has 0 spiro atoms. The maximum absolute atomic E-state index is 3.62. The number of aromatic nitrogens is 4. The predicted molar refractivity (Wildman–Crippen MR) is 264 cm³/mol. The Morgan fingerprint density at radius 3 is 1.98 bits per heavy atom. The number of hydrazine groups is 1. The molecule has 6 aliphatic carbocycles. The normalized spacial score (nSPS) is 25.8. The molecule has 8 atom stereocenters. The van der Waals surface area contributed by atoms with Crippen LogP contribution in [0.3, 0.4) is 0 Å². The van der Waals surface area contributed by atoms with E-state index in [9.17, 15) is 0 Å². The molecule has 12 heteroatoms. The van der Waals surface area contributed by atoms with Gasteiger partial charge in [0, 0.05) is 95.3 Å². The lowest BCUT2D eigenvalue weighted by molar-refractivity contribution is 0.176. The quantitative estimate of drug-likeness (QED) is 0.0864. The molecule has 8 nitrogen and oxygen atoms in total. The zero-order valence-electron chi connectivity index (χ0n) is 30.4. The SMILES string of the molecule is C.C.C.C.C.C.C.C1CC2CCC3NCNC3C2C1.C1CC2CCC3NNCC3C2C1.[B].[B].[B].[B].c1cc2ccc3[nH]ccn3c-2c1.c1cc2ccn3[nH]ccc3c-2c1. The Hall–Kier alpha value is -3.30. The number of H-pyrrole nitrogens is 2. The van der Waals surface area contributed by atoms with Gasteiger partial charge in [-0.2, -0.15) is 0 Å². The van der Waals surface area contributed by atoms with Crippen LogP contribution in [0.5, 0.6) is 0 Å². The highest BCUT2D eigenvalue weighted by atomic mass is 15.4. The molecule has 6 N–H and O–H groups in total. The Bertz CT molecular complexity index is 1690. The zero-order valence-corrected chi connectivity index (χ0v) is 30.4. The molecule has 0 bridgehead atoms. The van der Waals surface area contributed by atoms with Gasteiger partial charge in [-0.15, -0.1) is 0 Å². The van der Waals surface area contributed by atoms with Crippen molar-refractivity contribution in [2.45, 2.75) is 134 Å². The second kappa shape index (κ2) is 26.8. The first kappa shape index (κ1) is 60.0. The fraction of sp³-hybridized carbons (Fsp3) is 0.574. The smallest absolute Gasteiger partial charge is 0.114 e. The van der Waals surface area contributed by atoms with Gasteiger partial charge in [-0.1, -0.05) is 108 Å². The van der Waals surface area contributed by atoms with E-state index in [0.29, 0.717) is 0 Å². The molecule has 320 valence electrons. The number of fused-ring (bicyclic) bond motifs is 12. The molecule has 4 aliphatic heterocycles. The van der Waals surface area contributed by atoms with Gasteiger partial charge in [0.05, 0.1) is 11.2 Å². The van der Waals surface area contributed by atoms with Crippen LogP contribution in [0.15, 0.2) is 85.5 Å². The van der Waals surface area contributed by atoms with E-state index in [1.54, 1.807) is 0 Å². The van der Waals surface area contributed by atoms with Crippen molar-refractivity contribution in [3.05, 3.63) is 85.5 Å². The minimum absolute atomic E-state index is 0. The van der Waals surface area contributed by atoms with E-state index in [1.807, 2.05) is 29.3 Å². The highest BCUT2D eigenvalue weighted by Crippen LogP contribution is 2.46. The van der Waals surface area contributed by atoms with Crippen molar-refractivity contribution < 1.29 is 0 Å². The number of aromatic amines is 2. The first-order valence-electron chi connectivity index (χ1n) is 18.8. The molecule has 2 saturated heterocycles. The molecule has 12 rings (SSSR count). The van der Waals surface area contributed by atoms with Crippen LogP contribution in [0, 0.1) is 29.6 Å². The van der Waals surface area contributed by atoms with Gasteiger partial charge in [0.1, 0.15) is 5.65 Å². The van der Waals surface area contributed by atoms with Crippen molar-refractivity contribution in [2.75, 3.05) is 13.2 Å². The van der Waals surface area contributed by atoms with Crippen LogP contribution in [0.1, 0.15) is 116 Å². The predicted octanol–water partition coefficient (Wildman–Crippen LogP) is 10.0. The van der Waals surface area contributed by atoms with Gasteiger partial charge in [0.2, 0.25) is 0 Å². The van der Waals surface area contributed by atoms with Crippen molar-refractivity contribution >= 4 is 44.8 Å². The number of hydrogen-bond acceptors (Lipinski definition) is 4. The summed E-state index contributed by atoms with van der Waals surface area (Å²) in [5.41, 5.74) is 14.3. The van der Waals surface area contributed by atoms with Crippen molar-refractivity contribution in [1.29, 1.82) is 0 Å². The lowest BCUT2D eigenvalue weighted by Crippen LogP contribution is -2.45. The van der Waals surface area contributed by atoms with E-state index >= 15 is 0 Å². The van der Waals surface area contributed by atoms with Crippen molar-refractivity contribution in [2.24, 2.45) is 29.6 Å². The minimum Gasteiger partial charge on any atom is -0.346 e. The van der Waals surface area contributed by atoms with Gasteiger partial charge >= 0.3 is 0 Å². The van der Waals surface area contributed by atoms with Crippen molar-refractivity contribution in [3.63, 3.8) is 0 Å². The van der Waals surface area contributed by atoms with E-state index < -0.39 is 0 Å². The Morgan fingerprint density at radius 2 is 1.22 bits per heavy atom. The van der Waals surface area contributed by atoms with Crippen molar-refractivity contribution in [3.8, 4) is 22.4 Å². The molecule has 8 unspecified atom stereocenters. The summed E-state index contributed by atoms with van der Waals surface area (Å²) in [5.74, 6) is 5.20. The molecule has 0 amide bonds. The standard InChI is InChI=1S/2C10H8N2.2C10H18N2.7CH4.4B/c1-2-8-5-7-12-10(4-6-11-12)9(8)3-1;1-2-8-4-5-10-11-6-7-12(10)9(8)3-1;1-2-7-4-5-10-9(6-11-12-10)8(7)3-1;1-2-7-4-5-9-10(8(7)3-1)12-6-11-9;;;;;;;;;;;/h2*1-7,11H;2*7-12H,1-6H2;7*1H4;;;;. The summed E-state index contributed by atoms with van der Waals surface area (Å²) in [5, 5.41) is 10.3. The number of hydrogen-bond donors (Lipinski definition) is 6. The third-order valence-electron chi connectivity index (χ3n) is 12.9. The fourth-order valence-electron chi connectivity index (χ4n) is 10.6. The first-order chi connectivity index (χ1) is 23.8. The van der Waals surface area contributed by atoms with Gasteiger partial charge in [0.25, 0.3) is 0 Å². The summed E-state index contributed by atoms with van der Waals surface area (Å²) in [6, 6.07) is 23.5. The van der Waals surface area contributed by atoms with Crippen LogP contribution in [-0.2, 0) is 0 Å². The Balaban J connectivity index is -0.000000667. The molecule has 59 heavy (non-hydrogen) atoms. The highest BCUT2D eigenvalue weighted by molar-refractivity contribution is 5.82. The maximum atomic E-state index is 3.62. The zero-order chi connectivity index (χ0) is 31.9. The summed E-state index contributed by atoms with van der Waals surface area (Å²) < 4.78 is 4.16. The van der Waals surface area contributed by atoms with Gasteiger partial charge in [-0.3, -0.25) is 20.7 Å². The topological polar surface area (TPSA) is 88.5 Å². The molecule has 10 aliphatic rings. The number of pyridine rings is 2. The van der Waals surface area contributed by atoms with E-state index in [4.69, 9.17) is 0 Å². The van der Waals surface area contributed by atoms with Crippen LogP contribution in [-0.4, -0.2) is 84.0 Å². The summed E-state index contributed by atoms with van der Waals surface area (Å²) >= 11 is 0. The highest BCUT2D eigenvalue weighted by Gasteiger charge is 2.44. The second-order valence-corrected chi connectivity index (χ2v) is 15.2. The number of nitrogens with zero attached hydrogens (tertiary/aromatic N) is 2. The average molecular weight is 800 g/mol. The van der Waals surface area contributed by atoms with Crippen LogP contribution < -0.4 is 21.5 Å². The van der Waals surface area contributed by atoms with Gasteiger partial charge in [-0.05, 0) is 110 Å². The average Bonchev–Trinajstić information content (AvgIpc) is 3.97. The number of imidazole rings is 1. The molecule has 6 heterocycles. The van der Waals surface area contributed by atoms with Gasteiger partial charge in [0.15, 0.2) is 0 Å². The molecule has 0 aromatic carbocycles. The summed E-state index contributed by atoms with van der Waals surface area (Å²) in [6.45, 7) is 2.28. The van der Waals surface area contributed by atoms with Crippen LogP contribution in [0.25, 0.3) is 33.5 Å². The molecule has 4 saturated carbocycles. The Morgan fingerprint density at radius 1 is 0.542 bits per heavy atom. The lowest BCUT2D eigenvalue weighted by Gasteiger charge is -2.35. The summed E-state index contributed by atoms with van der Waals surface area (Å²) in [7, 11) is 0. The first-order valence-corrected chi connectivity index (χ1v) is 18.8. The molecule has 12 radical (unpaired) electrons. The molecule has 2 aromatic heterocycles. The maximum Gasteiger partial charge on any atom is 0.114 e. The van der Waals surface area contributed by atoms with E-state index in [0.717, 1.165) is 60.0 Å². The Kier molecular flexibility index (Phi) is 27.3. The van der Waals surface area contributed by atoms with Crippen LogP contribution >= 0.6 is 0 Å². The molecule has 2 aromatic rings. The van der Waals surface area contributed by atoms with E-state index in [-0.39, 0.29) is 85.6 Å². The molecular formula is C47H80B4N8. The molecular weight excluding hydrogens is 720 g/mol. The fourth-order valence-corrected chi connectivity index (χ4v) is 10.6. The van der Waals surface area contributed by atoms with Gasteiger partial charge < -0.3 is 19.8 Å².